The Balaban J connectivity index is 3.44. The number of hydrogen-bond donors (Lipinski definition) is 4. The molecule has 7 nitrogen and oxygen atoms in total. The van der Waals surface area contributed by atoms with E-state index in [-0.39, 0.29) is 6.61 Å². The van der Waals surface area contributed by atoms with E-state index < -0.39 is 26.8 Å². The van der Waals surface area contributed by atoms with Crippen LogP contribution in [0.3, 0.4) is 0 Å². The normalized spacial score (nSPS) is 15.1. The van der Waals surface area contributed by atoms with Crippen LogP contribution in [0.15, 0.2) is 0 Å². The van der Waals surface area contributed by atoms with Crippen LogP contribution < -0.4 is 0 Å². The van der Waals surface area contributed by atoms with E-state index in [0.717, 1.165) is 19.3 Å². The molecule has 2 atom stereocenters. The van der Waals surface area contributed by atoms with E-state index in [1.54, 1.807) is 0 Å². The van der Waals surface area contributed by atoms with Gasteiger partial charge in [0.05, 0.1) is 13.2 Å². The van der Waals surface area contributed by atoms with Crippen molar-refractivity contribution >= 4 is 7.82 Å². The first-order valence-corrected chi connectivity index (χ1v) is 9.06. The van der Waals surface area contributed by atoms with Crippen LogP contribution in [0.2, 0.25) is 0 Å². The molecule has 0 radical (unpaired) electrons. The summed E-state index contributed by atoms with van der Waals surface area (Å²) in [5, 5.41) is 18.9. The van der Waals surface area contributed by atoms with Crippen molar-refractivity contribution < 1.29 is 33.8 Å². The van der Waals surface area contributed by atoms with Gasteiger partial charge in [-0.25, -0.2) is 4.57 Å². The first-order chi connectivity index (χ1) is 9.85. The predicted octanol–water partition coefficient (Wildman–Crippen LogP) is 1.93. The molecule has 0 saturated heterocycles. The lowest BCUT2D eigenvalue weighted by Gasteiger charge is -2.15. The monoisotopic (exact) mass is 328 g/mol. The summed E-state index contributed by atoms with van der Waals surface area (Å²) >= 11 is 0. The van der Waals surface area contributed by atoms with Crippen molar-refractivity contribution in [3.8, 4) is 0 Å². The molecule has 0 amide bonds. The Bertz CT molecular complexity index is 282. The second-order valence-corrected chi connectivity index (χ2v) is 6.38. The summed E-state index contributed by atoms with van der Waals surface area (Å²) in [5.74, 6) is 0. The van der Waals surface area contributed by atoms with Gasteiger partial charge in [-0.3, -0.25) is 4.52 Å². The van der Waals surface area contributed by atoms with Crippen LogP contribution in [0.25, 0.3) is 0 Å². The molecule has 0 aromatic rings. The van der Waals surface area contributed by atoms with E-state index in [1.165, 1.54) is 25.7 Å². The van der Waals surface area contributed by atoms with Crippen molar-refractivity contribution in [2.75, 3.05) is 13.2 Å². The lowest BCUT2D eigenvalue weighted by atomic mass is 10.1. The summed E-state index contributed by atoms with van der Waals surface area (Å²) in [6.45, 7) is 1.42. The topological polar surface area (TPSA) is 116 Å². The molecule has 8 heteroatoms. The van der Waals surface area contributed by atoms with Crippen LogP contribution in [-0.4, -0.2) is 45.6 Å². The van der Waals surface area contributed by atoms with Crippen LogP contribution in [-0.2, 0) is 13.8 Å². The summed E-state index contributed by atoms with van der Waals surface area (Å²) in [5.41, 5.74) is 0. The summed E-state index contributed by atoms with van der Waals surface area (Å²) in [4.78, 5) is 16.9. The minimum atomic E-state index is -4.58. The molecule has 0 spiro atoms. The number of rotatable bonds is 14. The van der Waals surface area contributed by atoms with Gasteiger partial charge in [-0.15, -0.1) is 0 Å². The molecule has 0 aromatic carbocycles. The lowest BCUT2D eigenvalue weighted by Crippen LogP contribution is -2.25. The highest BCUT2D eigenvalue weighted by atomic mass is 31.2. The molecule has 4 N–H and O–H groups in total. The maximum absolute atomic E-state index is 10.4. The highest BCUT2D eigenvalue weighted by molar-refractivity contribution is 7.46. The smallest absolute Gasteiger partial charge is 0.388 e. The average molecular weight is 328 g/mol. The maximum atomic E-state index is 10.4. The van der Waals surface area contributed by atoms with Gasteiger partial charge in [-0.2, -0.15) is 0 Å². The Hall–Kier alpha value is -0.0100. The third kappa shape index (κ3) is 16.2. The average Bonchev–Trinajstić information content (AvgIpc) is 2.41. The molecule has 0 aliphatic rings. The number of phosphoric acid groups is 1. The highest BCUT2D eigenvalue weighted by Gasteiger charge is 2.17. The van der Waals surface area contributed by atoms with Gasteiger partial charge < -0.3 is 24.7 Å². The standard InChI is InChI=1S/C13H29O7P/c1-2-3-4-5-6-7-8-9-13(15)19-10-12(14)11-20-21(16,17)18/h12-15H,2-11H2,1H3,(H2,16,17,18)/t12-,13+/m1/s1. The van der Waals surface area contributed by atoms with Gasteiger partial charge in [0, 0.05) is 0 Å². The predicted molar refractivity (Wildman–Crippen MR) is 78.6 cm³/mol. The third-order valence-corrected chi connectivity index (χ3v) is 3.46. The van der Waals surface area contributed by atoms with Gasteiger partial charge in [0.1, 0.15) is 6.10 Å². The number of aliphatic hydroxyl groups excluding tert-OH is 2. The fourth-order valence-corrected chi connectivity index (χ4v) is 2.18. The van der Waals surface area contributed by atoms with E-state index >= 15 is 0 Å². The molecule has 128 valence electrons. The number of unbranched alkanes of at least 4 members (excludes halogenated alkanes) is 6. The van der Waals surface area contributed by atoms with Crippen molar-refractivity contribution in [2.45, 2.75) is 70.7 Å². The number of aliphatic hydroxyl groups is 2. The Morgan fingerprint density at radius 2 is 1.52 bits per heavy atom. The first kappa shape index (κ1) is 21.0. The molecule has 0 rings (SSSR count). The molecule has 0 aromatic heterocycles. The quantitative estimate of drug-likeness (QED) is 0.219. The number of phosphoric ester groups is 1. The fraction of sp³-hybridized carbons (Fsp3) is 1.00. The number of ether oxygens (including phenoxy) is 1. The molecular weight excluding hydrogens is 299 g/mol. The second-order valence-electron chi connectivity index (χ2n) is 5.14. The van der Waals surface area contributed by atoms with E-state index in [9.17, 15) is 14.8 Å². The molecule has 0 unspecified atom stereocenters. The van der Waals surface area contributed by atoms with Gasteiger partial charge in [-0.05, 0) is 12.8 Å². The zero-order valence-electron chi connectivity index (χ0n) is 12.7. The number of hydrogen-bond acceptors (Lipinski definition) is 5. The first-order valence-electron chi connectivity index (χ1n) is 7.53. The molecule has 21 heavy (non-hydrogen) atoms. The van der Waals surface area contributed by atoms with E-state index in [0.29, 0.717) is 6.42 Å². The Kier molecular flexibility index (Phi) is 12.5. The molecular formula is C13H29O7P. The second kappa shape index (κ2) is 12.5. The Labute approximate surface area is 126 Å². The molecule has 0 bridgehead atoms. The molecule has 0 heterocycles. The van der Waals surface area contributed by atoms with Crippen LogP contribution in [0.5, 0.6) is 0 Å². The van der Waals surface area contributed by atoms with Crippen LogP contribution in [0.1, 0.15) is 58.3 Å². The lowest BCUT2D eigenvalue weighted by molar-refractivity contribution is -0.129. The van der Waals surface area contributed by atoms with Gasteiger partial charge in [0.15, 0.2) is 6.29 Å². The molecule has 0 saturated carbocycles. The summed E-state index contributed by atoms with van der Waals surface area (Å²) in [7, 11) is -4.58. The minimum absolute atomic E-state index is 0.225. The summed E-state index contributed by atoms with van der Waals surface area (Å²) in [6, 6.07) is 0. The van der Waals surface area contributed by atoms with Gasteiger partial charge >= 0.3 is 7.82 Å². The van der Waals surface area contributed by atoms with E-state index in [1.807, 2.05) is 0 Å². The third-order valence-electron chi connectivity index (χ3n) is 2.97. The fourth-order valence-electron chi connectivity index (χ4n) is 1.81. The summed E-state index contributed by atoms with van der Waals surface area (Å²) < 4.78 is 19.5. The zero-order chi connectivity index (χ0) is 16.1. The van der Waals surface area contributed by atoms with Crippen molar-refractivity contribution in [1.29, 1.82) is 0 Å². The van der Waals surface area contributed by atoms with E-state index in [2.05, 4.69) is 11.4 Å². The molecule has 0 fully saturated rings. The van der Waals surface area contributed by atoms with Gasteiger partial charge in [0.25, 0.3) is 0 Å². The van der Waals surface area contributed by atoms with Crippen molar-refractivity contribution in [3.05, 3.63) is 0 Å². The largest absolute Gasteiger partial charge is 0.469 e. The van der Waals surface area contributed by atoms with Crippen molar-refractivity contribution in [2.24, 2.45) is 0 Å². The Morgan fingerprint density at radius 1 is 0.952 bits per heavy atom. The van der Waals surface area contributed by atoms with Gasteiger partial charge in [-0.1, -0.05) is 45.4 Å². The molecule has 0 aliphatic carbocycles. The van der Waals surface area contributed by atoms with Crippen molar-refractivity contribution in [1.82, 2.24) is 0 Å². The minimum Gasteiger partial charge on any atom is -0.388 e. The van der Waals surface area contributed by atoms with Crippen LogP contribution in [0.4, 0.5) is 0 Å². The highest BCUT2D eigenvalue weighted by Crippen LogP contribution is 2.35. The van der Waals surface area contributed by atoms with Crippen LogP contribution >= 0.6 is 7.82 Å². The summed E-state index contributed by atoms with van der Waals surface area (Å²) in [6.07, 6.45) is 6.32. The Morgan fingerprint density at radius 3 is 2.10 bits per heavy atom. The van der Waals surface area contributed by atoms with Crippen LogP contribution in [0, 0.1) is 0 Å². The van der Waals surface area contributed by atoms with Crippen molar-refractivity contribution in [3.63, 3.8) is 0 Å². The zero-order valence-corrected chi connectivity index (χ0v) is 13.6. The SMILES string of the molecule is CCCCCCCCC[C@@H](O)OC[C@@H](O)COP(=O)(O)O. The van der Waals surface area contributed by atoms with E-state index in [4.69, 9.17) is 14.5 Å². The maximum Gasteiger partial charge on any atom is 0.469 e. The van der Waals surface area contributed by atoms with Gasteiger partial charge in [0.2, 0.25) is 0 Å². The molecule has 0 aliphatic heterocycles.